The molecule has 0 fully saturated rings. The Hall–Kier alpha value is -4.16. The number of nitrogens with one attached hydrogen (secondary N) is 1. The molecule has 1 aromatic carbocycles. The van der Waals surface area contributed by atoms with Crippen LogP contribution < -0.4 is 10.1 Å². The van der Waals surface area contributed by atoms with Gasteiger partial charge in [0.15, 0.2) is 5.82 Å². The van der Waals surface area contributed by atoms with Gasteiger partial charge in [0, 0.05) is 36.1 Å². The number of nitrogens with zero attached hydrogens (tertiary/aromatic N) is 5. The van der Waals surface area contributed by atoms with Gasteiger partial charge in [0.25, 0.3) is 0 Å². The fourth-order valence-corrected chi connectivity index (χ4v) is 3.37. The van der Waals surface area contributed by atoms with E-state index in [2.05, 4.69) is 28.2 Å². The number of pyridine rings is 1. The molecule has 0 saturated carbocycles. The van der Waals surface area contributed by atoms with Crippen molar-refractivity contribution in [2.45, 2.75) is 6.61 Å². The zero-order chi connectivity index (χ0) is 22.8. The molecule has 0 radical (unpaired) electrons. The Labute approximate surface area is 187 Å². The summed E-state index contributed by atoms with van der Waals surface area (Å²) in [5.41, 5.74) is 2.30. The van der Waals surface area contributed by atoms with Crippen LogP contribution in [0.3, 0.4) is 0 Å². The van der Waals surface area contributed by atoms with Crippen LogP contribution >= 0.6 is 11.6 Å². The third-order valence-electron chi connectivity index (χ3n) is 4.74. The summed E-state index contributed by atoms with van der Waals surface area (Å²) in [4.78, 5) is 11.6. The van der Waals surface area contributed by atoms with Gasteiger partial charge in [-0.25, -0.2) is 8.91 Å². The Morgan fingerprint density at radius 1 is 1.34 bits per heavy atom. The lowest BCUT2D eigenvalue weighted by atomic mass is 10.1. The number of carbonyl (C=O) groups is 1. The van der Waals surface area contributed by atoms with E-state index >= 15 is 0 Å². The van der Waals surface area contributed by atoms with Crippen LogP contribution in [0, 0.1) is 17.1 Å². The molecule has 0 aliphatic carbocycles. The number of hydrogen-bond donors (Lipinski definition) is 1. The van der Waals surface area contributed by atoms with Gasteiger partial charge >= 0.3 is 0 Å². The SMILES string of the molecule is C=CC(=O)Nc1ccc(Cl)c(COc2cc(-c3cnn(C)c3)cn3ncc(C#N)c23)c1F. The first-order valence-electron chi connectivity index (χ1n) is 9.35. The maximum atomic E-state index is 15.0. The number of halogens is 2. The van der Waals surface area contributed by atoms with Crippen molar-refractivity contribution in [1.82, 2.24) is 19.4 Å². The number of aryl methyl sites for hydroxylation is 1. The Balaban J connectivity index is 1.74. The third kappa shape index (κ3) is 3.91. The minimum absolute atomic E-state index is 0.0470. The van der Waals surface area contributed by atoms with Crippen molar-refractivity contribution < 1.29 is 13.9 Å². The Kier molecular flexibility index (Phi) is 5.62. The van der Waals surface area contributed by atoms with E-state index in [0.29, 0.717) is 16.8 Å². The average Bonchev–Trinajstić information content (AvgIpc) is 3.41. The minimum Gasteiger partial charge on any atom is -0.486 e. The predicted molar refractivity (Wildman–Crippen MR) is 117 cm³/mol. The van der Waals surface area contributed by atoms with Crippen molar-refractivity contribution in [2.24, 2.45) is 7.05 Å². The highest BCUT2D eigenvalue weighted by atomic mass is 35.5. The van der Waals surface area contributed by atoms with Gasteiger partial charge in [-0.15, -0.1) is 0 Å². The standard InChI is InChI=1S/C22H16ClFN6O2/c1-3-20(31)28-18-5-4-17(23)16(21(18)24)12-32-19-6-13(15-9-26-29(2)10-15)11-30-22(19)14(7-25)8-27-30/h3-6,8-11H,1,12H2,2H3,(H,28,31). The van der Waals surface area contributed by atoms with Crippen LogP contribution in [0.5, 0.6) is 5.75 Å². The number of benzene rings is 1. The van der Waals surface area contributed by atoms with E-state index in [0.717, 1.165) is 17.2 Å². The van der Waals surface area contributed by atoms with E-state index in [9.17, 15) is 14.4 Å². The van der Waals surface area contributed by atoms with Crippen molar-refractivity contribution in [3.05, 3.63) is 77.6 Å². The molecule has 0 aliphatic heterocycles. The van der Waals surface area contributed by atoms with Gasteiger partial charge in [0.05, 0.1) is 23.1 Å². The largest absolute Gasteiger partial charge is 0.486 e. The molecule has 8 nitrogen and oxygen atoms in total. The lowest BCUT2D eigenvalue weighted by Crippen LogP contribution is -2.11. The fourth-order valence-electron chi connectivity index (χ4n) is 3.16. The zero-order valence-electron chi connectivity index (χ0n) is 16.8. The molecule has 0 unspecified atom stereocenters. The second-order valence-corrected chi connectivity index (χ2v) is 7.24. The lowest BCUT2D eigenvalue weighted by Gasteiger charge is -2.14. The summed E-state index contributed by atoms with van der Waals surface area (Å²) in [6.45, 7) is 3.11. The number of amides is 1. The van der Waals surface area contributed by atoms with Crippen LogP contribution in [0.2, 0.25) is 5.02 Å². The Bertz CT molecular complexity index is 1400. The van der Waals surface area contributed by atoms with Gasteiger partial charge in [0.2, 0.25) is 5.91 Å². The molecule has 3 heterocycles. The maximum Gasteiger partial charge on any atom is 0.247 e. The summed E-state index contributed by atoms with van der Waals surface area (Å²) in [5, 5.41) is 20.4. The third-order valence-corrected chi connectivity index (χ3v) is 5.09. The van der Waals surface area contributed by atoms with E-state index in [1.165, 1.54) is 22.8 Å². The molecule has 0 aliphatic rings. The number of fused-ring (bicyclic) bond motifs is 1. The molecule has 0 spiro atoms. The van der Waals surface area contributed by atoms with Crippen molar-refractivity contribution in [1.29, 1.82) is 5.26 Å². The summed E-state index contributed by atoms with van der Waals surface area (Å²) >= 11 is 6.19. The summed E-state index contributed by atoms with van der Waals surface area (Å²) < 4.78 is 24.1. The monoisotopic (exact) mass is 450 g/mol. The van der Waals surface area contributed by atoms with Crippen molar-refractivity contribution in [3.8, 4) is 22.9 Å². The molecule has 3 aromatic heterocycles. The van der Waals surface area contributed by atoms with Gasteiger partial charge < -0.3 is 10.1 Å². The quantitative estimate of drug-likeness (QED) is 0.446. The van der Waals surface area contributed by atoms with Gasteiger partial charge in [-0.1, -0.05) is 18.2 Å². The second kappa shape index (κ2) is 8.53. The molecule has 10 heteroatoms. The molecule has 0 atom stereocenters. The molecule has 160 valence electrons. The summed E-state index contributed by atoms with van der Waals surface area (Å²) in [5.74, 6) is -0.959. The van der Waals surface area contributed by atoms with E-state index in [1.807, 2.05) is 6.20 Å². The first kappa shape index (κ1) is 21.1. The first-order chi connectivity index (χ1) is 15.4. The molecule has 1 N–H and O–H groups in total. The van der Waals surface area contributed by atoms with Crippen LogP contribution in [-0.2, 0) is 18.4 Å². The maximum absolute atomic E-state index is 15.0. The zero-order valence-corrected chi connectivity index (χ0v) is 17.6. The van der Waals surface area contributed by atoms with Crippen molar-refractivity contribution >= 4 is 28.7 Å². The topological polar surface area (TPSA) is 97.2 Å². The normalized spacial score (nSPS) is 10.7. The lowest BCUT2D eigenvalue weighted by molar-refractivity contribution is -0.111. The number of rotatable bonds is 6. The van der Waals surface area contributed by atoms with Crippen LogP contribution in [0.4, 0.5) is 10.1 Å². The minimum atomic E-state index is -0.721. The molecule has 0 saturated heterocycles. The van der Waals surface area contributed by atoms with Crippen LogP contribution in [0.25, 0.3) is 16.6 Å². The van der Waals surface area contributed by atoms with Crippen molar-refractivity contribution in [2.75, 3.05) is 5.32 Å². The van der Waals surface area contributed by atoms with Gasteiger partial charge in [-0.2, -0.15) is 15.5 Å². The summed E-state index contributed by atoms with van der Waals surface area (Å²) in [7, 11) is 1.80. The molecule has 4 aromatic rings. The van der Waals surface area contributed by atoms with E-state index in [-0.39, 0.29) is 22.9 Å². The van der Waals surface area contributed by atoms with Gasteiger partial charge in [0.1, 0.15) is 29.5 Å². The molecule has 1 amide bonds. The highest BCUT2D eigenvalue weighted by Crippen LogP contribution is 2.32. The van der Waals surface area contributed by atoms with Gasteiger partial charge in [-0.3, -0.25) is 9.48 Å². The van der Waals surface area contributed by atoms with E-state index < -0.39 is 11.7 Å². The highest BCUT2D eigenvalue weighted by Gasteiger charge is 2.18. The molecule has 4 rings (SSSR count). The molecule has 0 bridgehead atoms. The van der Waals surface area contributed by atoms with E-state index in [1.54, 1.807) is 30.2 Å². The Morgan fingerprint density at radius 2 is 2.16 bits per heavy atom. The summed E-state index contributed by atoms with van der Waals surface area (Å²) in [6, 6.07) is 6.62. The van der Waals surface area contributed by atoms with Crippen molar-refractivity contribution in [3.63, 3.8) is 0 Å². The van der Waals surface area contributed by atoms with Crippen LogP contribution in [-0.4, -0.2) is 25.3 Å². The second-order valence-electron chi connectivity index (χ2n) is 6.83. The van der Waals surface area contributed by atoms with Crippen LogP contribution in [0.1, 0.15) is 11.1 Å². The predicted octanol–water partition coefficient (Wildman–Crippen LogP) is 4.10. The molecular formula is C22H16ClFN6O2. The summed E-state index contributed by atoms with van der Waals surface area (Å²) in [6.07, 6.45) is 7.71. The van der Waals surface area contributed by atoms with E-state index in [4.69, 9.17) is 16.3 Å². The number of anilines is 1. The fraction of sp³-hybridized carbons (Fsp3) is 0.0909. The highest BCUT2D eigenvalue weighted by molar-refractivity contribution is 6.31. The first-order valence-corrected chi connectivity index (χ1v) is 9.72. The number of aromatic nitrogens is 4. The smallest absolute Gasteiger partial charge is 0.247 e. The number of carbonyl (C=O) groups excluding carboxylic acids is 1. The Morgan fingerprint density at radius 3 is 2.84 bits per heavy atom. The average molecular weight is 451 g/mol. The molecule has 32 heavy (non-hydrogen) atoms. The molecular weight excluding hydrogens is 435 g/mol. The van der Waals surface area contributed by atoms with Gasteiger partial charge in [-0.05, 0) is 24.3 Å². The number of nitriles is 1. The van der Waals surface area contributed by atoms with Crippen LogP contribution in [0.15, 0.2) is 55.6 Å². The number of ether oxygens (including phenoxy) is 1. The number of hydrogen-bond acceptors (Lipinski definition) is 5.